The molecule has 5 nitrogen and oxygen atoms in total. The molecule has 0 fully saturated rings. The molecule has 1 atom stereocenters. The number of carbonyl (C=O) groups is 2. The Kier molecular flexibility index (Phi) is 31.1. The summed E-state index contributed by atoms with van der Waals surface area (Å²) in [7, 11) is 0. The van der Waals surface area contributed by atoms with Crippen molar-refractivity contribution in [3.05, 3.63) is 36.5 Å². The molecule has 5 heteroatoms. The molecule has 0 aliphatic rings. The number of aliphatic hydroxyl groups is 1. The summed E-state index contributed by atoms with van der Waals surface area (Å²) in [6.45, 7) is 3.99. The Hall–Kier alpha value is -1.88. The first kappa shape index (κ1) is 39.1. The SMILES string of the molecule is CC/C=C\C/C=C\C/C=C\CCCCCCCCCC(=O)OC(CO)COC(=O)CCCCCCCCCCCC. The van der Waals surface area contributed by atoms with E-state index in [1.807, 2.05) is 0 Å². The lowest BCUT2D eigenvalue weighted by Crippen LogP contribution is -2.28. The Morgan fingerprint density at radius 1 is 0.585 bits per heavy atom. The van der Waals surface area contributed by atoms with E-state index in [1.165, 1.54) is 70.6 Å². The van der Waals surface area contributed by atoms with Gasteiger partial charge in [-0.25, -0.2) is 0 Å². The predicted octanol–water partition coefficient (Wildman–Crippen LogP) is 10.1. The second kappa shape index (κ2) is 32.6. The molecule has 0 heterocycles. The average molecular weight is 577 g/mol. The van der Waals surface area contributed by atoms with Crippen LogP contribution in [-0.2, 0) is 19.1 Å². The molecule has 0 aliphatic heterocycles. The van der Waals surface area contributed by atoms with Crippen LogP contribution in [0.25, 0.3) is 0 Å². The number of aliphatic hydroxyl groups excluding tert-OH is 1. The summed E-state index contributed by atoms with van der Waals surface area (Å²) in [6, 6.07) is 0. The summed E-state index contributed by atoms with van der Waals surface area (Å²) in [4.78, 5) is 24.1. The number of carbonyl (C=O) groups excluding carboxylic acids is 2. The van der Waals surface area contributed by atoms with Gasteiger partial charge >= 0.3 is 11.9 Å². The molecular weight excluding hydrogens is 512 g/mol. The number of esters is 2. The molecule has 0 radical (unpaired) electrons. The van der Waals surface area contributed by atoms with Gasteiger partial charge in [-0.2, -0.15) is 0 Å². The highest BCUT2D eigenvalue weighted by atomic mass is 16.6. The zero-order valence-corrected chi connectivity index (χ0v) is 26.8. The summed E-state index contributed by atoms with van der Waals surface area (Å²) < 4.78 is 10.5. The van der Waals surface area contributed by atoms with Crippen molar-refractivity contribution in [3.63, 3.8) is 0 Å². The Bertz CT molecular complexity index is 667. The average Bonchev–Trinajstić information content (AvgIpc) is 2.97. The van der Waals surface area contributed by atoms with Gasteiger partial charge in [0.25, 0.3) is 0 Å². The maximum Gasteiger partial charge on any atom is 0.306 e. The van der Waals surface area contributed by atoms with E-state index in [0.717, 1.165) is 64.2 Å². The van der Waals surface area contributed by atoms with Gasteiger partial charge in [0, 0.05) is 12.8 Å². The number of hydrogen-bond donors (Lipinski definition) is 1. The van der Waals surface area contributed by atoms with Crippen molar-refractivity contribution in [2.75, 3.05) is 13.2 Å². The van der Waals surface area contributed by atoms with Gasteiger partial charge in [0.05, 0.1) is 6.61 Å². The zero-order chi connectivity index (χ0) is 30.1. The fourth-order valence-electron chi connectivity index (χ4n) is 4.63. The molecule has 0 aliphatic carbocycles. The Labute approximate surface area is 253 Å². The zero-order valence-electron chi connectivity index (χ0n) is 26.8. The van der Waals surface area contributed by atoms with E-state index in [4.69, 9.17) is 9.47 Å². The first-order chi connectivity index (χ1) is 20.1. The molecule has 0 spiro atoms. The second-order valence-electron chi connectivity index (χ2n) is 11.2. The lowest BCUT2D eigenvalue weighted by atomic mass is 10.1. The van der Waals surface area contributed by atoms with E-state index >= 15 is 0 Å². The minimum atomic E-state index is -0.771. The minimum absolute atomic E-state index is 0.0681. The van der Waals surface area contributed by atoms with Crippen molar-refractivity contribution in [2.45, 2.75) is 168 Å². The third-order valence-corrected chi connectivity index (χ3v) is 7.20. The normalized spacial score (nSPS) is 12.6. The van der Waals surface area contributed by atoms with Crippen LogP contribution in [-0.4, -0.2) is 36.4 Å². The van der Waals surface area contributed by atoms with Gasteiger partial charge in [-0.3, -0.25) is 9.59 Å². The van der Waals surface area contributed by atoms with E-state index in [2.05, 4.69) is 50.3 Å². The van der Waals surface area contributed by atoms with Crippen LogP contribution in [0.1, 0.15) is 162 Å². The molecule has 0 bridgehead atoms. The molecule has 41 heavy (non-hydrogen) atoms. The van der Waals surface area contributed by atoms with Crippen LogP contribution in [0.5, 0.6) is 0 Å². The van der Waals surface area contributed by atoms with Gasteiger partial charge in [0.2, 0.25) is 0 Å². The van der Waals surface area contributed by atoms with Crippen molar-refractivity contribution in [2.24, 2.45) is 0 Å². The van der Waals surface area contributed by atoms with Crippen molar-refractivity contribution in [3.8, 4) is 0 Å². The van der Waals surface area contributed by atoms with Crippen molar-refractivity contribution in [1.82, 2.24) is 0 Å². The van der Waals surface area contributed by atoms with E-state index in [-0.39, 0.29) is 25.2 Å². The molecule has 0 aromatic rings. The van der Waals surface area contributed by atoms with E-state index in [1.54, 1.807) is 0 Å². The van der Waals surface area contributed by atoms with Crippen LogP contribution < -0.4 is 0 Å². The van der Waals surface area contributed by atoms with Crippen LogP contribution in [0.3, 0.4) is 0 Å². The van der Waals surface area contributed by atoms with E-state index < -0.39 is 6.10 Å². The molecule has 0 saturated heterocycles. The highest BCUT2D eigenvalue weighted by molar-refractivity contribution is 5.70. The Morgan fingerprint density at radius 3 is 1.59 bits per heavy atom. The van der Waals surface area contributed by atoms with Crippen LogP contribution in [0.2, 0.25) is 0 Å². The number of ether oxygens (including phenoxy) is 2. The van der Waals surface area contributed by atoms with Crippen LogP contribution in [0.15, 0.2) is 36.5 Å². The highest BCUT2D eigenvalue weighted by Crippen LogP contribution is 2.13. The summed E-state index contributed by atoms with van der Waals surface area (Å²) >= 11 is 0. The maximum atomic E-state index is 12.1. The summed E-state index contributed by atoms with van der Waals surface area (Å²) in [6.07, 6.45) is 37.7. The van der Waals surface area contributed by atoms with E-state index in [9.17, 15) is 14.7 Å². The van der Waals surface area contributed by atoms with Gasteiger partial charge in [-0.15, -0.1) is 0 Å². The van der Waals surface area contributed by atoms with Crippen molar-refractivity contribution < 1.29 is 24.2 Å². The quantitative estimate of drug-likeness (QED) is 0.0523. The lowest BCUT2D eigenvalue weighted by Gasteiger charge is -2.15. The minimum Gasteiger partial charge on any atom is -0.462 e. The summed E-state index contributed by atoms with van der Waals surface area (Å²) in [5, 5.41) is 9.49. The fraction of sp³-hybridized carbons (Fsp3) is 0.778. The Morgan fingerprint density at radius 2 is 1.05 bits per heavy atom. The first-order valence-corrected chi connectivity index (χ1v) is 17.0. The van der Waals surface area contributed by atoms with Crippen LogP contribution in [0, 0.1) is 0 Å². The fourth-order valence-corrected chi connectivity index (χ4v) is 4.63. The monoisotopic (exact) mass is 576 g/mol. The number of hydrogen-bond acceptors (Lipinski definition) is 5. The van der Waals surface area contributed by atoms with Crippen molar-refractivity contribution in [1.29, 1.82) is 0 Å². The lowest BCUT2D eigenvalue weighted by molar-refractivity contribution is -0.161. The Balaban J connectivity index is 3.59. The number of rotatable bonds is 30. The molecule has 238 valence electrons. The number of unbranched alkanes of at least 4 members (excludes halogenated alkanes) is 16. The highest BCUT2D eigenvalue weighted by Gasteiger charge is 2.16. The van der Waals surface area contributed by atoms with Gasteiger partial charge < -0.3 is 14.6 Å². The second-order valence-corrected chi connectivity index (χ2v) is 11.2. The van der Waals surface area contributed by atoms with Gasteiger partial charge in [-0.05, 0) is 44.9 Å². The van der Waals surface area contributed by atoms with Crippen molar-refractivity contribution >= 4 is 11.9 Å². The molecule has 0 aromatic carbocycles. The van der Waals surface area contributed by atoms with E-state index in [0.29, 0.717) is 12.8 Å². The molecule has 0 saturated carbocycles. The molecule has 0 amide bonds. The van der Waals surface area contributed by atoms with Gasteiger partial charge in [-0.1, -0.05) is 140 Å². The van der Waals surface area contributed by atoms with Crippen LogP contribution >= 0.6 is 0 Å². The van der Waals surface area contributed by atoms with Gasteiger partial charge in [0.15, 0.2) is 6.10 Å². The van der Waals surface area contributed by atoms with Gasteiger partial charge in [0.1, 0.15) is 6.61 Å². The molecule has 1 unspecified atom stereocenters. The topological polar surface area (TPSA) is 72.8 Å². The third-order valence-electron chi connectivity index (χ3n) is 7.20. The third kappa shape index (κ3) is 30.9. The molecular formula is C36H64O5. The standard InChI is InChI=1S/C36H64O5/c1-3-5-7-9-11-13-15-16-17-18-19-20-21-23-25-27-29-31-36(39)41-34(32-37)33-40-35(38)30-28-26-24-22-14-12-10-8-6-4-2/h5,7,11,13,16-17,34,37H,3-4,6,8-10,12,14-15,18-33H2,1-2H3/b7-5-,13-11-,17-16-. The van der Waals surface area contributed by atoms with Crippen LogP contribution in [0.4, 0.5) is 0 Å². The summed E-state index contributed by atoms with van der Waals surface area (Å²) in [5.41, 5.74) is 0. The number of allylic oxidation sites excluding steroid dienone is 6. The smallest absolute Gasteiger partial charge is 0.306 e. The predicted molar refractivity (Wildman–Crippen MR) is 173 cm³/mol. The largest absolute Gasteiger partial charge is 0.462 e. The first-order valence-electron chi connectivity index (χ1n) is 17.0. The molecule has 0 rings (SSSR count). The maximum absolute atomic E-state index is 12.1. The summed E-state index contributed by atoms with van der Waals surface area (Å²) in [5.74, 6) is -0.605. The molecule has 0 aromatic heterocycles. The molecule has 1 N–H and O–H groups in total.